The first-order chi connectivity index (χ1) is 8.61. The van der Waals surface area contributed by atoms with E-state index in [1.165, 1.54) is 22.5 Å². The highest BCUT2D eigenvalue weighted by Gasteiger charge is 2.17. The van der Waals surface area contributed by atoms with Gasteiger partial charge in [0.15, 0.2) is 0 Å². The summed E-state index contributed by atoms with van der Waals surface area (Å²) in [5.41, 5.74) is 3.35. The Balaban J connectivity index is 2.36. The number of amides is 1. The maximum Gasteiger partial charge on any atom is 0.268 e. The summed E-state index contributed by atoms with van der Waals surface area (Å²) in [7, 11) is 0. The maximum absolute atomic E-state index is 12.4. The number of aryl methyl sites for hydroxylation is 2. The van der Waals surface area contributed by atoms with Crippen LogP contribution in [0.4, 0.5) is 5.69 Å². The Bertz CT molecular complexity index is 525. The van der Waals surface area contributed by atoms with Crippen LogP contribution in [0.3, 0.4) is 0 Å². The molecule has 0 fully saturated rings. The molecule has 3 heteroatoms. The zero-order valence-corrected chi connectivity index (χ0v) is 11.8. The average Bonchev–Trinajstić information content (AvgIpc) is 2.81. The highest BCUT2D eigenvalue weighted by molar-refractivity contribution is 7.12. The van der Waals surface area contributed by atoms with Crippen LogP contribution < -0.4 is 4.90 Å². The molecular weight excluding hydrogens is 242 g/mol. The van der Waals surface area contributed by atoms with E-state index < -0.39 is 0 Å². The number of nitrogens with zero attached hydrogens (tertiary/aromatic N) is 1. The monoisotopic (exact) mass is 259 g/mol. The average molecular weight is 259 g/mol. The van der Waals surface area contributed by atoms with Crippen LogP contribution in [0.15, 0.2) is 35.7 Å². The Labute approximate surface area is 112 Å². The fraction of sp³-hybridized carbons (Fsp3) is 0.267. The van der Waals surface area contributed by atoms with Gasteiger partial charge in [0.2, 0.25) is 0 Å². The van der Waals surface area contributed by atoms with E-state index in [0.717, 1.165) is 10.6 Å². The van der Waals surface area contributed by atoms with Crippen molar-refractivity contribution in [3.8, 4) is 0 Å². The molecule has 0 atom stereocenters. The molecule has 0 spiro atoms. The predicted molar refractivity (Wildman–Crippen MR) is 77.6 cm³/mol. The summed E-state index contributed by atoms with van der Waals surface area (Å²) in [5.74, 6) is 0.0810. The minimum atomic E-state index is 0.0810. The number of benzene rings is 1. The van der Waals surface area contributed by atoms with E-state index in [-0.39, 0.29) is 5.91 Å². The third kappa shape index (κ3) is 2.62. The van der Waals surface area contributed by atoms with Gasteiger partial charge in [-0.15, -0.1) is 11.3 Å². The van der Waals surface area contributed by atoms with Gasteiger partial charge >= 0.3 is 0 Å². The second-order valence-corrected chi connectivity index (χ2v) is 5.32. The lowest BCUT2D eigenvalue weighted by Crippen LogP contribution is -2.30. The summed E-state index contributed by atoms with van der Waals surface area (Å²) >= 11 is 1.49. The molecule has 0 aliphatic heterocycles. The van der Waals surface area contributed by atoms with Crippen molar-refractivity contribution in [3.05, 3.63) is 51.7 Å². The van der Waals surface area contributed by atoms with Crippen LogP contribution in [0, 0.1) is 13.8 Å². The van der Waals surface area contributed by atoms with Crippen LogP contribution in [0.25, 0.3) is 0 Å². The van der Waals surface area contributed by atoms with Crippen molar-refractivity contribution in [3.63, 3.8) is 0 Å². The van der Waals surface area contributed by atoms with Crippen molar-refractivity contribution in [2.24, 2.45) is 0 Å². The molecule has 0 unspecified atom stereocenters. The second kappa shape index (κ2) is 5.36. The number of hydrogen-bond donors (Lipinski definition) is 0. The Kier molecular flexibility index (Phi) is 3.82. The van der Waals surface area contributed by atoms with Crippen LogP contribution in [0.2, 0.25) is 0 Å². The van der Waals surface area contributed by atoms with Gasteiger partial charge in [-0.05, 0) is 55.5 Å². The molecular formula is C15H17NOS. The van der Waals surface area contributed by atoms with Crippen LogP contribution >= 0.6 is 11.3 Å². The van der Waals surface area contributed by atoms with Gasteiger partial charge in [0.1, 0.15) is 0 Å². The fourth-order valence-electron chi connectivity index (χ4n) is 2.08. The molecule has 94 valence electrons. The van der Waals surface area contributed by atoms with Gasteiger partial charge in [0.05, 0.1) is 4.88 Å². The minimum absolute atomic E-state index is 0.0810. The summed E-state index contributed by atoms with van der Waals surface area (Å²) in [5, 5.41) is 1.93. The van der Waals surface area contributed by atoms with Crippen LogP contribution in [-0.2, 0) is 0 Å². The zero-order valence-electron chi connectivity index (χ0n) is 10.9. The lowest BCUT2D eigenvalue weighted by molar-refractivity contribution is 0.0992. The fourth-order valence-corrected chi connectivity index (χ4v) is 2.76. The van der Waals surface area contributed by atoms with E-state index in [9.17, 15) is 4.79 Å². The number of rotatable bonds is 3. The maximum atomic E-state index is 12.4. The molecule has 1 aromatic carbocycles. The zero-order chi connectivity index (χ0) is 13.1. The Morgan fingerprint density at radius 1 is 1.22 bits per heavy atom. The summed E-state index contributed by atoms with van der Waals surface area (Å²) in [6.07, 6.45) is 0. The normalized spacial score (nSPS) is 10.4. The highest BCUT2D eigenvalue weighted by Crippen LogP contribution is 2.22. The smallest absolute Gasteiger partial charge is 0.268 e. The molecule has 2 aromatic rings. The molecule has 1 amide bonds. The largest absolute Gasteiger partial charge is 0.308 e. The summed E-state index contributed by atoms with van der Waals surface area (Å²) in [6.45, 7) is 6.79. The van der Waals surface area contributed by atoms with E-state index in [0.29, 0.717) is 6.54 Å². The topological polar surface area (TPSA) is 20.3 Å². The van der Waals surface area contributed by atoms with E-state index >= 15 is 0 Å². The number of hydrogen-bond acceptors (Lipinski definition) is 2. The van der Waals surface area contributed by atoms with E-state index in [4.69, 9.17) is 0 Å². The van der Waals surface area contributed by atoms with Crippen molar-refractivity contribution >= 4 is 22.9 Å². The lowest BCUT2D eigenvalue weighted by atomic mass is 10.1. The molecule has 0 saturated carbocycles. The molecule has 18 heavy (non-hydrogen) atoms. The first-order valence-electron chi connectivity index (χ1n) is 6.05. The molecule has 0 saturated heterocycles. The molecule has 2 nitrogen and oxygen atoms in total. The van der Waals surface area contributed by atoms with Gasteiger partial charge in [-0.2, -0.15) is 0 Å². The SMILES string of the molecule is CCN(C(=O)c1cccs1)c1cc(C)cc(C)c1. The standard InChI is InChI=1S/C15H17NOS/c1-4-16(15(17)14-6-5-7-18-14)13-9-11(2)8-12(3)10-13/h5-10H,4H2,1-3H3. The third-order valence-corrected chi connectivity index (χ3v) is 3.67. The number of carbonyl (C=O) groups is 1. The van der Waals surface area contributed by atoms with Crippen molar-refractivity contribution in [1.82, 2.24) is 0 Å². The Morgan fingerprint density at radius 3 is 2.39 bits per heavy atom. The van der Waals surface area contributed by atoms with E-state index in [2.05, 4.69) is 32.0 Å². The molecule has 1 aromatic heterocycles. The summed E-state index contributed by atoms with van der Waals surface area (Å²) < 4.78 is 0. The van der Waals surface area contributed by atoms with Crippen LogP contribution in [0.1, 0.15) is 27.7 Å². The van der Waals surface area contributed by atoms with Gasteiger partial charge in [-0.1, -0.05) is 12.1 Å². The lowest BCUT2D eigenvalue weighted by Gasteiger charge is -2.21. The van der Waals surface area contributed by atoms with Crippen molar-refractivity contribution in [2.45, 2.75) is 20.8 Å². The quantitative estimate of drug-likeness (QED) is 0.815. The van der Waals surface area contributed by atoms with Gasteiger partial charge in [-0.25, -0.2) is 0 Å². The van der Waals surface area contributed by atoms with Crippen LogP contribution in [0.5, 0.6) is 0 Å². The van der Waals surface area contributed by atoms with Gasteiger partial charge in [0, 0.05) is 12.2 Å². The van der Waals surface area contributed by atoms with Crippen LogP contribution in [-0.4, -0.2) is 12.5 Å². The molecule has 1 heterocycles. The molecule has 0 radical (unpaired) electrons. The molecule has 0 N–H and O–H groups in total. The third-order valence-electron chi connectivity index (χ3n) is 2.81. The highest BCUT2D eigenvalue weighted by atomic mass is 32.1. The molecule has 0 bridgehead atoms. The molecule has 0 aliphatic rings. The minimum Gasteiger partial charge on any atom is -0.308 e. The Morgan fingerprint density at radius 2 is 1.89 bits per heavy atom. The van der Waals surface area contributed by atoms with E-state index in [1.54, 1.807) is 0 Å². The first-order valence-corrected chi connectivity index (χ1v) is 6.93. The van der Waals surface area contributed by atoms with Gasteiger partial charge < -0.3 is 4.90 Å². The van der Waals surface area contributed by atoms with Crippen molar-refractivity contribution in [1.29, 1.82) is 0 Å². The van der Waals surface area contributed by atoms with Gasteiger partial charge in [-0.3, -0.25) is 4.79 Å². The predicted octanol–water partition coefficient (Wildman–Crippen LogP) is 4.03. The second-order valence-electron chi connectivity index (χ2n) is 4.37. The number of carbonyl (C=O) groups excluding carboxylic acids is 1. The first kappa shape index (κ1) is 12.8. The van der Waals surface area contributed by atoms with Gasteiger partial charge in [0.25, 0.3) is 5.91 Å². The van der Waals surface area contributed by atoms with Crippen molar-refractivity contribution in [2.75, 3.05) is 11.4 Å². The molecule has 0 aliphatic carbocycles. The number of anilines is 1. The van der Waals surface area contributed by atoms with E-state index in [1.807, 2.05) is 29.3 Å². The molecule has 2 rings (SSSR count). The number of thiophene rings is 1. The van der Waals surface area contributed by atoms with Crippen molar-refractivity contribution < 1.29 is 4.79 Å². The Hall–Kier alpha value is -1.61. The summed E-state index contributed by atoms with van der Waals surface area (Å²) in [6, 6.07) is 10.0. The summed E-state index contributed by atoms with van der Waals surface area (Å²) in [4.78, 5) is 15.0.